The zero-order valence-corrected chi connectivity index (χ0v) is 12.0. The quantitative estimate of drug-likeness (QED) is 0.866. The standard InChI is InChI=1S/C14H19ClN2O2/c1-10-8-17(9-11(2)19-10)13-5-3-12(4-6-13)16-14(18)7-15/h3-6,10-11H,7-9H2,1-2H3,(H,16,18). The molecule has 0 spiro atoms. The van der Waals surface area contributed by atoms with Crippen LogP contribution in [0.3, 0.4) is 0 Å². The number of rotatable bonds is 3. The van der Waals surface area contributed by atoms with E-state index in [1.165, 1.54) is 0 Å². The largest absolute Gasteiger partial charge is 0.372 e. The third-order valence-corrected chi connectivity index (χ3v) is 3.30. The maximum Gasteiger partial charge on any atom is 0.239 e. The number of halogens is 1. The summed E-state index contributed by atoms with van der Waals surface area (Å²) in [6, 6.07) is 7.80. The summed E-state index contributed by atoms with van der Waals surface area (Å²) in [4.78, 5) is 13.5. The van der Waals surface area contributed by atoms with Crippen LogP contribution in [0.4, 0.5) is 11.4 Å². The first-order chi connectivity index (χ1) is 9.08. The van der Waals surface area contributed by atoms with E-state index < -0.39 is 0 Å². The van der Waals surface area contributed by atoms with Gasteiger partial charge in [-0.3, -0.25) is 4.79 Å². The van der Waals surface area contributed by atoms with Gasteiger partial charge in [0.05, 0.1) is 12.2 Å². The molecule has 2 rings (SSSR count). The molecule has 1 aromatic rings. The van der Waals surface area contributed by atoms with Crippen molar-refractivity contribution in [3.05, 3.63) is 24.3 Å². The zero-order valence-electron chi connectivity index (χ0n) is 11.2. The first-order valence-corrected chi connectivity index (χ1v) is 6.98. The molecule has 0 radical (unpaired) electrons. The SMILES string of the molecule is CC1CN(c2ccc(NC(=O)CCl)cc2)CC(C)O1. The molecule has 5 heteroatoms. The highest BCUT2D eigenvalue weighted by atomic mass is 35.5. The molecule has 1 aliphatic rings. The number of carbonyl (C=O) groups is 1. The lowest BCUT2D eigenvalue weighted by Crippen LogP contribution is -2.45. The summed E-state index contributed by atoms with van der Waals surface area (Å²) in [7, 11) is 0. The molecule has 19 heavy (non-hydrogen) atoms. The fourth-order valence-corrected chi connectivity index (χ4v) is 2.41. The van der Waals surface area contributed by atoms with Gasteiger partial charge in [-0.15, -0.1) is 11.6 Å². The minimum Gasteiger partial charge on any atom is -0.372 e. The zero-order chi connectivity index (χ0) is 13.8. The van der Waals surface area contributed by atoms with E-state index in [9.17, 15) is 4.79 Å². The van der Waals surface area contributed by atoms with Gasteiger partial charge in [0.2, 0.25) is 5.91 Å². The van der Waals surface area contributed by atoms with Crippen LogP contribution in [0.2, 0.25) is 0 Å². The molecule has 1 N–H and O–H groups in total. The number of amides is 1. The van der Waals surface area contributed by atoms with Gasteiger partial charge in [-0.1, -0.05) is 0 Å². The summed E-state index contributed by atoms with van der Waals surface area (Å²) in [6.45, 7) is 5.94. The number of anilines is 2. The van der Waals surface area contributed by atoms with Crippen LogP contribution in [0.15, 0.2) is 24.3 Å². The van der Waals surface area contributed by atoms with Gasteiger partial charge in [0.1, 0.15) is 5.88 Å². The number of nitrogens with zero attached hydrogens (tertiary/aromatic N) is 1. The smallest absolute Gasteiger partial charge is 0.239 e. The Hall–Kier alpha value is -1.26. The predicted molar refractivity (Wildman–Crippen MR) is 78.0 cm³/mol. The van der Waals surface area contributed by atoms with Crippen molar-refractivity contribution >= 4 is 28.9 Å². The van der Waals surface area contributed by atoms with E-state index in [-0.39, 0.29) is 24.0 Å². The number of carbonyl (C=O) groups excluding carboxylic acids is 1. The first-order valence-electron chi connectivity index (χ1n) is 6.44. The van der Waals surface area contributed by atoms with Gasteiger partial charge in [-0.05, 0) is 38.1 Å². The van der Waals surface area contributed by atoms with Gasteiger partial charge in [0, 0.05) is 24.5 Å². The number of ether oxygens (including phenoxy) is 1. The second kappa shape index (κ2) is 6.26. The molecule has 2 atom stereocenters. The van der Waals surface area contributed by atoms with Crippen LogP contribution in [0.5, 0.6) is 0 Å². The summed E-state index contributed by atoms with van der Waals surface area (Å²) >= 11 is 5.45. The number of alkyl halides is 1. The van der Waals surface area contributed by atoms with E-state index >= 15 is 0 Å². The van der Waals surface area contributed by atoms with Crippen molar-refractivity contribution in [3.63, 3.8) is 0 Å². The van der Waals surface area contributed by atoms with E-state index in [2.05, 4.69) is 24.1 Å². The first kappa shape index (κ1) is 14.2. The number of nitrogens with one attached hydrogen (secondary N) is 1. The molecule has 0 bridgehead atoms. The molecule has 1 saturated heterocycles. The van der Waals surface area contributed by atoms with Crippen molar-refractivity contribution in [2.75, 3.05) is 29.2 Å². The fourth-order valence-electron chi connectivity index (χ4n) is 2.34. The Balaban J connectivity index is 2.03. The van der Waals surface area contributed by atoms with E-state index in [0.29, 0.717) is 0 Å². The van der Waals surface area contributed by atoms with Gasteiger partial charge in [-0.2, -0.15) is 0 Å². The molecule has 1 aromatic carbocycles. The minimum absolute atomic E-state index is 0.0275. The Kier molecular flexibility index (Phi) is 4.66. The Morgan fingerprint density at radius 2 is 1.89 bits per heavy atom. The molecule has 2 unspecified atom stereocenters. The molecule has 104 valence electrons. The summed E-state index contributed by atoms with van der Waals surface area (Å²) in [5, 5.41) is 2.73. The predicted octanol–water partition coefficient (Wildman–Crippen LogP) is 2.48. The van der Waals surface area contributed by atoms with Crippen LogP contribution < -0.4 is 10.2 Å². The molecular weight excluding hydrogens is 264 g/mol. The normalized spacial score (nSPS) is 23.2. The maximum absolute atomic E-state index is 11.2. The maximum atomic E-state index is 11.2. The lowest BCUT2D eigenvalue weighted by atomic mass is 10.2. The average Bonchev–Trinajstić information content (AvgIpc) is 2.38. The van der Waals surface area contributed by atoms with Gasteiger partial charge >= 0.3 is 0 Å². The van der Waals surface area contributed by atoms with Gasteiger partial charge in [0.15, 0.2) is 0 Å². The van der Waals surface area contributed by atoms with Crippen LogP contribution in [-0.2, 0) is 9.53 Å². The average molecular weight is 283 g/mol. The van der Waals surface area contributed by atoms with E-state index in [1.807, 2.05) is 24.3 Å². The van der Waals surface area contributed by atoms with Crippen molar-refractivity contribution in [2.24, 2.45) is 0 Å². The Bertz CT molecular complexity index is 426. The molecule has 4 nitrogen and oxygen atoms in total. The summed E-state index contributed by atoms with van der Waals surface area (Å²) in [5.74, 6) is -0.219. The molecule has 0 aromatic heterocycles. The molecular formula is C14H19ClN2O2. The van der Waals surface area contributed by atoms with Gasteiger partial charge in [-0.25, -0.2) is 0 Å². The molecule has 1 fully saturated rings. The highest BCUT2D eigenvalue weighted by Crippen LogP contribution is 2.22. The van der Waals surface area contributed by atoms with E-state index in [0.717, 1.165) is 24.5 Å². The van der Waals surface area contributed by atoms with Crippen molar-refractivity contribution < 1.29 is 9.53 Å². The van der Waals surface area contributed by atoms with Crippen molar-refractivity contribution in [3.8, 4) is 0 Å². The monoisotopic (exact) mass is 282 g/mol. The van der Waals surface area contributed by atoms with Crippen LogP contribution in [-0.4, -0.2) is 37.1 Å². The number of hydrogen-bond acceptors (Lipinski definition) is 3. The molecule has 1 amide bonds. The molecule has 0 saturated carbocycles. The summed E-state index contributed by atoms with van der Waals surface area (Å²) in [6.07, 6.45) is 0.471. The lowest BCUT2D eigenvalue weighted by molar-refractivity contribution is -0.113. The number of hydrogen-bond donors (Lipinski definition) is 1. The third-order valence-electron chi connectivity index (χ3n) is 3.06. The molecule has 1 heterocycles. The topological polar surface area (TPSA) is 41.6 Å². The Morgan fingerprint density at radius 3 is 2.42 bits per heavy atom. The van der Waals surface area contributed by atoms with Crippen LogP contribution in [0.1, 0.15) is 13.8 Å². The van der Waals surface area contributed by atoms with Crippen LogP contribution >= 0.6 is 11.6 Å². The van der Waals surface area contributed by atoms with Crippen molar-refractivity contribution in [1.29, 1.82) is 0 Å². The van der Waals surface area contributed by atoms with Crippen LogP contribution in [0.25, 0.3) is 0 Å². The minimum atomic E-state index is -0.192. The van der Waals surface area contributed by atoms with Crippen molar-refractivity contribution in [2.45, 2.75) is 26.1 Å². The lowest BCUT2D eigenvalue weighted by Gasteiger charge is -2.36. The van der Waals surface area contributed by atoms with Crippen LogP contribution in [0, 0.1) is 0 Å². The second-order valence-electron chi connectivity index (χ2n) is 4.89. The number of morpholine rings is 1. The third kappa shape index (κ3) is 3.85. The summed E-state index contributed by atoms with van der Waals surface area (Å²) < 4.78 is 5.72. The van der Waals surface area contributed by atoms with Gasteiger partial charge in [0.25, 0.3) is 0 Å². The van der Waals surface area contributed by atoms with Crippen molar-refractivity contribution in [1.82, 2.24) is 0 Å². The fraction of sp³-hybridized carbons (Fsp3) is 0.500. The van der Waals surface area contributed by atoms with E-state index in [4.69, 9.17) is 16.3 Å². The highest BCUT2D eigenvalue weighted by molar-refractivity contribution is 6.29. The highest BCUT2D eigenvalue weighted by Gasteiger charge is 2.22. The Morgan fingerprint density at radius 1 is 1.32 bits per heavy atom. The second-order valence-corrected chi connectivity index (χ2v) is 5.16. The molecule has 0 aliphatic carbocycles. The van der Waals surface area contributed by atoms with E-state index in [1.54, 1.807) is 0 Å². The van der Waals surface area contributed by atoms with Gasteiger partial charge < -0.3 is 15.0 Å². The summed E-state index contributed by atoms with van der Waals surface area (Å²) in [5.41, 5.74) is 1.91. The molecule has 1 aliphatic heterocycles. The number of benzene rings is 1. The Labute approximate surface area is 118 Å².